The van der Waals surface area contributed by atoms with Crippen molar-refractivity contribution in [1.82, 2.24) is 9.80 Å². The standard InChI is InChI=1S/C15H31N3O/c1-15(2,9-10-16)8-7-14(19)18-11-5-6-13(12-18)17(3)4/h13H,5-12,16H2,1-4H3. The molecule has 1 aliphatic heterocycles. The molecule has 1 aliphatic rings. The van der Waals surface area contributed by atoms with Gasteiger partial charge in [-0.25, -0.2) is 0 Å². The summed E-state index contributed by atoms with van der Waals surface area (Å²) in [6, 6.07) is 0.523. The lowest BCUT2D eigenvalue weighted by Crippen LogP contribution is -2.47. The van der Waals surface area contributed by atoms with Crippen molar-refractivity contribution < 1.29 is 4.79 Å². The predicted octanol–water partition coefficient (Wildman–Crippen LogP) is 1.69. The zero-order valence-corrected chi connectivity index (χ0v) is 13.1. The third-order valence-electron chi connectivity index (χ3n) is 4.32. The van der Waals surface area contributed by atoms with Crippen LogP contribution >= 0.6 is 0 Å². The molecular formula is C15H31N3O. The number of carbonyl (C=O) groups excluding carboxylic acids is 1. The van der Waals surface area contributed by atoms with Crippen LogP contribution in [0.25, 0.3) is 0 Å². The average Bonchev–Trinajstić information content (AvgIpc) is 2.36. The Morgan fingerprint density at radius 1 is 1.37 bits per heavy atom. The summed E-state index contributed by atoms with van der Waals surface area (Å²) in [5.74, 6) is 0.316. The van der Waals surface area contributed by atoms with E-state index in [1.165, 1.54) is 6.42 Å². The molecule has 1 atom stereocenters. The smallest absolute Gasteiger partial charge is 0.222 e. The fraction of sp³-hybridized carbons (Fsp3) is 0.933. The van der Waals surface area contributed by atoms with E-state index in [1.807, 2.05) is 4.90 Å². The van der Waals surface area contributed by atoms with Crippen molar-refractivity contribution in [2.24, 2.45) is 11.1 Å². The Kier molecular flexibility index (Phi) is 6.27. The first-order valence-electron chi connectivity index (χ1n) is 7.50. The lowest BCUT2D eigenvalue weighted by Gasteiger charge is -2.36. The van der Waals surface area contributed by atoms with Gasteiger partial charge in [0.25, 0.3) is 0 Å². The first-order valence-corrected chi connectivity index (χ1v) is 7.50. The first-order chi connectivity index (χ1) is 8.85. The number of likely N-dealkylation sites (N-methyl/N-ethyl adjacent to an activating group) is 1. The average molecular weight is 269 g/mol. The molecule has 0 aromatic carbocycles. The lowest BCUT2D eigenvalue weighted by atomic mass is 9.84. The van der Waals surface area contributed by atoms with Crippen LogP contribution in [0.1, 0.15) is 46.0 Å². The number of hydrogen-bond donors (Lipinski definition) is 1. The van der Waals surface area contributed by atoms with E-state index in [0.717, 1.165) is 32.4 Å². The van der Waals surface area contributed by atoms with E-state index in [2.05, 4.69) is 32.8 Å². The van der Waals surface area contributed by atoms with Crippen molar-refractivity contribution in [3.8, 4) is 0 Å². The summed E-state index contributed by atoms with van der Waals surface area (Å²) in [6.45, 7) is 6.93. The Hall–Kier alpha value is -0.610. The molecule has 1 heterocycles. The highest BCUT2D eigenvalue weighted by atomic mass is 16.2. The predicted molar refractivity (Wildman–Crippen MR) is 80.0 cm³/mol. The molecule has 4 heteroatoms. The first kappa shape index (κ1) is 16.4. The maximum absolute atomic E-state index is 12.3. The lowest BCUT2D eigenvalue weighted by molar-refractivity contribution is -0.133. The summed E-state index contributed by atoms with van der Waals surface area (Å²) in [5, 5.41) is 0. The van der Waals surface area contributed by atoms with Gasteiger partial charge in [-0.2, -0.15) is 0 Å². The molecule has 4 nitrogen and oxygen atoms in total. The van der Waals surface area contributed by atoms with Crippen LogP contribution in [0, 0.1) is 5.41 Å². The Morgan fingerprint density at radius 3 is 2.63 bits per heavy atom. The summed E-state index contributed by atoms with van der Waals surface area (Å²) in [5.41, 5.74) is 5.80. The molecule has 1 rings (SSSR count). The van der Waals surface area contributed by atoms with Crippen LogP contribution in [0.15, 0.2) is 0 Å². The SMILES string of the molecule is CN(C)C1CCCN(C(=O)CCC(C)(C)CCN)C1. The monoisotopic (exact) mass is 269 g/mol. The van der Waals surface area contributed by atoms with Crippen molar-refractivity contribution in [3.63, 3.8) is 0 Å². The van der Waals surface area contributed by atoms with Crippen LogP contribution < -0.4 is 5.73 Å². The highest BCUT2D eigenvalue weighted by Crippen LogP contribution is 2.26. The number of likely N-dealkylation sites (tertiary alicyclic amines) is 1. The van der Waals surface area contributed by atoms with Gasteiger partial charge < -0.3 is 15.5 Å². The number of rotatable bonds is 6. The minimum atomic E-state index is 0.182. The zero-order chi connectivity index (χ0) is 14.5. The molecular weight excluding hydrogens is 238 g/mol. The van der Waals surface area contributed by atoms with Crippen molar-refractivity contribution >= 4 is 5.91 Å². The molecule has 0 aromatic rings. The topological polar surface area (TPSA) is 49.6 Å². The highest BCUT2D eigenvalue weighted by molar-refractivity contribution is 5.76. The van der Waals surface area contributed by atoms with Crippen LogP contribution in [-0.2, 0) is 4.79 Å². The van der Waals surface area contributed by atoms with Crippen molar-refractivity contribution in [1.29, 1.82) is 0 Å². The van der Waals surface area contributed by atoms with Gasteiger partial charge in [0.2, 0.25) is 5.91 Å². The van der Waals surface area contributed by atoms with Crippen LogP contribution in [0.3, 0.4) is 0 Å². The number of carbonyl (C=O) groups is 1. The molecule has 1 unspecified atom stereocenters. The van der Waals surface area contributed by atoms with Gasteiger partial charge in [-0.1, -0.05) is 13.8 Å². The van der Waals surface area contributed by atoms with E-state index in [1.54, 1.807) is 0 Å². The molecule has 0 aromatic heterocycles. The molecule has 0 radical (unpaired) electrons. The van der Waals surface area contributed by atoms with Crippen molar-refractivity contribution in [2.45, 2.75) is 52.0 Å². The van der Waals surface area contributed by atoms with Gasteiger partial charge >= 0.3 is 0 Å². The Morgan fingerprint density at radius 2 is 2.05 bits per heavy atom. The molecule has 1 amide bonds. The van der Waals surface area contributed by atoms with E-state index < -0.39 is 0 Å². The summed E-state index contributed by atoms with van der Waals surface area (Å²) in [4.78, 5) is 16.6. The Labute approximate surface area is 118 Å². The van der Waals surface area contributed by atoms with E-state index in [4.69, 9.17) is 5.73 Å². The molecule has 0 spiro atoms. The zero-order valence-electron chi connectivity index (χ0n) is 13.1. The largest absolute Gasteiger partial charge is 0.341 e. The van der Waals surface area contributed by atoms with Gasteiger partial charge in [0.05, 0.1) is 0 Å². The van der Waals surface area contributed by atoms with Crippen molar-refractivity contribution in [2.75, 3.05) is 33.7 Å². The van der Waals surface area contributed by atoms with Gasteiger partial charge in [-0.3, -0.25) is 4.79 Å². The van der Waals surface area contributed by atoms with Crippen LogP contribution in [0.4, 0.5) is 0 Å². The molecule has 19 heavy (non-hydrogen) atoms. The second-order valence-corrected chi connectivity index (χ2v) is 6.80. The number of hydrogen-bond acceptors (Lipinski definition) is 3. The number of nitrogens with two attached hydrogens (primary N) is 1. The molecule has 0 aliphatic carbocycles. The summed E-state index contributed by atoms with van der Waals surface area (Å²) in [6.07, 6.45) is 4.91. The fourth-order valence-corrected chi connectivity index (χ4v) is 2.72. The van der Waals surface area contributed by atoms with Gasteiger partial charge in [-0.15, -0.1) is 0 Å². The second kappa shape index (κ2) is 7.25. The quantitative estimate of drug-likeness (QED) is 0.798. The fourth-order valence-electron chi connectivity index (χ4n) is 2.72. The van der Waals surface area contributed by atoms with Gasteiger partial charge in [0, 0.05) is 25.6 Å². The second-order valence-electron chi connectivity index (χ2n) is 6.80. The Bertz CT molecular complexity index is 289. The molecule has 1 fully saturated rings. The summed E-state index contributed by atoms with van der Waals surface area (Å²) in [7, 11) is 4.20. The number of amides is 1. The van der Waals surface area contributed by atoms with Crippen LogP contribution in [0.2, 0.25) is 0 Å². The maximum atomic E-state index is 12.3. The molecule has 2 N–H and O–H groups in total. The minimum absolute atomic E-state index is 0.182. The molecule has 1 saturated heterocycles. The number of nitrogens with zero attached hydrogens (tertiary/aromatic N) is 2. The Balaban J connectivity index is 2.41. The molecule has 0 bridgehead atoms. The van der Waals surface area contributed by atoms with Gasteiger partial charge in [0.1, 0.15) is 0 Å². The van der Waals surface area contributed by atoms with E-state index in [-0.39, 0.29) is 5.41 Å². The third kappa shape index (κ3) is 5.49. The molecule has 112 valence electrons. The third-order valence-corrected chi connectivity index (χ3v) is 4.32. The van der Waals surface area contributed by atoms with Crippen molar-refractivity contribution in [3.05, 3.63) is 0 Å². The number of piperidine rings is 1. The van der Waals surface area contributed by atoms with Crippen LogP contribution in [0.5, 0.6) is 0 Å². The minimum Gasteiger partial charge on any atom is -0.341 e. The molecule has 0 saturated carbocycles. The highest BCUT2D eigenvalue weighted by Gasteiger charge is 2.26. The normalized spacial score (nSPS) is 20.9. The van der Waals surface area contributed by atoms with E-state index >= 15 is 0 Å². The van der Waals surface area contributed by atoms with Crippen LogP contribution in [-0.4, -0.2) is 55.5 Å². The van der Waals surface area contributed by atoms with E-state index in [9.17, 15) is 4.79 Å². The maximum Gasteiger partial charge on any atom is 0.222 e. The van der Waals surface area contributed by atoms with Gasteiger partial charge in [-0.05, 0) is 51.7 Å². The summed E-state index contributed by atoms with van der Waals surface area (Å²) >= 11 is 0. The van der Waals surface area contributed by atoms with Gasteiger partial charge in [0.15, 0.2) is 0 Å². The summed E-state index contributed by atoms with van der Waals surface area (Å²) < 4.78 is 0. The van der Waals surface area contributed by atoms with E-state index in [0.29, 0.717) is 24.9 Å².